The second kappa shape index (κ2) is 9.01. The molecule has 0 bridgehead atoms. The minimum Gasteiger partial charge on any atom is -0.385 e. The molecule has 1 atom stereocenters. The van der Waals surface area contributed by atoms with Crippen molar-refractivity contribution in [2.45, 2.75) is 38.3 Å². The number of hydrogen-bond donors (Lipinski definition) is 2. The summed E-state index contributed by atoms with van der Waals surface area (Å²) in [5, 5.41) is 3.10. The van der Waals surface area contributed by atoms with Crippen molar-refractivity contribution in [2.75, 3.05) is 33.4 Å². The molecule has 0 spiro atoms. The highest BCUT2D eigenvalue weighted by Gasteiger charge is 2.23. The van der Waals surface area contributed by atoms with E-state index < -0.39 is 6.04 Å². The molecule has 1 aromatic rings. The van der Waals surface area contributed by atoms with Crippen molar-refractivity contribution in [2.24, 2.45) is 5.73 Å². The number of likely N-dealkylation sites (tertiary alicyclic amines) is 1. The molecule has 1 aliphatic rings. The van der Waals surface area contributed by atoms with Gasteiger partial charge in [-0.2, -0.15) is 0 Å². The summed E-state index contributed by atoms with van der Waals surface area (Å²) in [4.78, 5) is 14.8. The fourth-order valence-corrected chi connectivity index (χ4v) is 2.95. The predicted octanol–water partition coefficient (Wildman–Crippen LogP) is 1.61. The lowest BCUT2D eigenvalue weighted by Gasteiger charge is -2.32. The van der Waals surface area contributed by atoms with Gasteiger partial charge in [-0.1, -0.05) is 29.8 Å². The highest BCUT2D eigenvalue weighted by atomic mass is 16.5. The minimum atomic E-state index is -0.588. The van der Waals surface area contributed by atoms with Gasteiger partial charge in [0, 0.05) is 39.4 Å². The van der Waals surface area contributed by atoms with Crippen LogP contribution in [0, 0.1) is 6.92 Å². The van der Waals surface area contributed by atoms with Gasteiger partial charge >= 0.3 is 0 Å². The normalized spacial score (nSPS) is 17.9. The molecule has 2 rings (SSSR count). The third kappa shape index (κ3) is 5.61. The molecule has 1 aromatic carbocycles. The van der Waals surface area contributed by atoms with E-state index in [1.807, 2.05) is 31.2 Å². The van der Waals surface area contributed by atoms with Gasteiger partial charge in [0.15, 0.2) is 0 Å². The van der Waals surface area contributed by atoms with Crippen LogP contribution in [0.4, 0.5) is 0 Å². The lowest BCUT2D eigenvalue weighted by molar-refractivity contribution is -0.123. The van der Waals surface area contributed by atoms with Gasteiger partial charge in [0.05, 0.1) is 0 Å². The number of carbonyl (C=O) groups is 1. The van der Waals surface area contributed by atoms with Crippen LogP contribution < -0.4 is 11.1 Å². The summed E-state index contributed by atoms with van der Waals surface area (Å²) in [6.07, 6.45) is 3.03. The minimum absolute atomic E-state index is 0.0771. The number of nitrogens with zero attached hydrogens (tertiary/aromatic N) is 1. The average Bonchev–Trinajstić information content (AvgIpc) is 2.56. The van der Waals surface area contributed by atoms with E-state index in [1.54, 1.807) is 7.11 Å². The lowest BCUT2D eigenvalue weighted by Crippen LogP contribution is -2.47. The fraction of sp³-hybridized carbons (Fsp3) is 0.611. The second-order valence-corrected chi connectivity index (χ2v) is 6.36. The van der Waals surface area contributed by atoms with Crippen molar-refractivity contribution in [3.8, 4) is 0 Å². The monoisotopic (exact) mass is 319 g/mol. The Hall–Kier alpha value is -1.43. The first-order valence-corrected chi connectivity index (χ1v) is 8.44. The zero-order valence-electron chi connectivity index (χ0n) is 14.3. The molecule has 1 saturated heterocycles. The molecule has 3 N–H and O–H groups in total. The second-order valence-electron chi connectivity index (χ2n) is 6.36. The first-order valence-electron chi connectivity index (χ1n) is 8.44. The number of hydrogen-bond acceptors (Lipinski definition) is 4. The number of rotatable bonds is 7. The number of nitrogens with two attached hydrogens (primary N) is 1. The first-order chi connectivity index (χ1) is 11.1. The van der Waals surface area contributed by atoms with E-state index in [4.69, 9.17) is 10.5 Å². The van der Waals surface area contributed by atoms with Crippen molar-refractivity contribution in [1.82, 2.24) is 10.2 Å². The molecule has 0 aliphatic carbocycles. The van der Waals surface area contributed by atoms with Crippen LogP contribution >= 0.6 is 0 Å². The number of nitrogens with one attached hydrogen (secondary N) is 1. The summed E-state index contributed by atoms with van der Waals surface area (Å²) in [6, 6.07) is 7.48. The number of methoxy groups -OCH3 is 1. The van der Waals surface area contributed by atoms with E-state index in [1.165, 1.54) is 5.56 Å². The van der Waals surface area contributed by atoms with Gasteiger partial charge in [0.1, 0.15) is 6.04 Å². The summed E-state index contributed by atoms with van der Waals surface area (Å²) in [6.45, 7) is 5.94. The molecule has 0 aromatic heterocycles. The van der Waals surface area contributed by atoms with Crippen LogP contribution in [-0.2, 0) is 9.53 Å². The molecule has 1 amide bonds. The molecule has 23 heavy (non-hydrogen) atoms. The van der Waals surface area contributed by atoms with Gasteiger partial charge in [-0.15, -0.1) is 0 Å². The Labute approximate surface area is 139 Å². The van der Waals surface area contributed by atoms with Gasteiger partial charge in [-0.3, -0.25) is 4.79 Å². The van der Waals surface area contributed by atoms with Crippen molar-refractivity contribution in [3.05, 3.63) is 35.4 Å². The Morgan fingerprint density at radius 2 is 2.00 bits per heavy atom. The molecule has 1 fully saturated rings. The topological polar surface area (TPSA) is 67.6 Å². The number of piperidine rings is 1. The molecule has 0 radical (unpaired) electrons. The summed E-state index contributed by atoms with van der Waals surface area (Å²) >= 11 is 0. The third-order valence-corrected chi connectivity index (χ3v) is 4.48. The van der Waals surface area contributed by atoms with Gasteiger partial charge in [0.2, 0.25) is 5.91 Å². The largest absolute Gasteiger partial charge is 0.385 e. The zero-order valence-corrected chi connectivity index (χ0v) is 14.3. The Morgan fingerprint density at radius 1 is 1.35 bits per heavy atom. The predicted molar refractivity (Wildman–Crippen MR) is 92.2 cm³/mol. The standard InChI is InChI=1S/C18H29N3O2/c1-14-4-6-15(7-5-14)17(19)18(22)20-16-8-11-21(12-9-16)10-3-13-23-2/h4-7,16-17H,3,8-13,19H2,1-2H3,(H,20,22). The van der Waals surface area contributed by atoms with Crippen LogP contribution in [-0.4, -0.2) is 50.2 Å². The van der Waals surface area contributed by atoms with E-state index in [0.29, 0.717) is 0 Å². The Bertz CT molecular complexity index is 482. The summed E-state index contributed by atoms with van der Waals surface area (Å²) < 4.78 is 5.08. The van der Waals surface area contributed by atoms with Crippen molar-refractivity contribution < 1.29 is 9.53 Å². The van der Waals surface area contributed by atoms with Crippen LogP contribution in [0.5, 0.6) is 0 Å². The fourth-order valence-electron chi connectivity index (χ4n) is 2.95. The molecule has 1 unspecified atom stereocenters. The summed E-state index contributed by atoms with van der Waals surface area (Å²) in [7, 11) is 1.74. The SMILES string of the molecule is COCCCN1CCC(NC(=O)C(N)c2ccc(C)cc2)CC1. The van der Waals surface area contributed by atoms with Crippen LogP contribution in [0.15, 0.2) is 24.3 Å². The third-order valence-electron chi connectivity index (χ3n) is 4.48. The Morgan fingerprint density at radius 3 is 2.61 bits per heavy atom. The van der Waals surface area contributed by atoms with Gasteiger partial charge in [0.25, 0.3) is 0 Å². The quantitative estimate of drug-likeness (QED) is 0.749. The molecular weight excluding hydrogens is 290 g/mol. The molecule has 1 heterocycles. The lowest BCUT2D eigenvalue weighted by atomic mass is 10.0. The van der Waals surface area contributed by atoms with Gasteiger partial charge in [-0.05, 0) is 31.7 Å². The van der Waals surface area contributed by atoms with Gasteiger partial charge in [-0.25, -0.2) is 0 Å². The van der Waals surface area contributed by atoms with E-state index in [9.17, 15) is 4.79 Å². The van der Waals surface area contributed by atoms with Gasteiger partial charge < -0.3 is 20.7 Å². The number of ether oxygens (including phenoxy) is 1. The van der Waals surface area contributed by atoms with E-state index >= 15 is 0 Å². The van der Waals surface area contributed by atoms with Crippen LogP contribution in [0.25, 0.3) is 0 Å². The number of carbonyl (C=O) groups excluding carboxylic acids is 1. The van der Waals surface area contributed by atoms with E-state index in [-0.39, 0.29) is 11.9 Å². The van der Waals surface area contributed by atoms with Crippen molar-refractivity contribution in [1.29, 1.82) is 0 Å². The highest BCUT2D eigenvalue weighted by molar-refractivity contribution is 5.83. The molecular formula is C18H29N3O2. The summed E-state index contributed by atoms with van der Waals surface area (Å²) in [5.41, 5.74) is 8.11. The first kappa shape index (κ1) is 17.9. The zero-order chi connectivity index (χ0) is 16.7. The maximum atomic E-state index is 12.3. The molecule has 5 nitrogen and oxygen atoms in total. The maximum Gasteiger partial charge on any atom is 0.241 e. The number of amides is 1. The number of aryl methyl sites for hydroxylation is 1. The maximum absolute atomic E-state index is 12.3. The molecule has 5 heteroatoms. The Kier molecular flexibility index (Phi) is 7.02. The molecule has 1 aliphatic heterocycles. The average molecular weight is 319 g/mol. The summed E-state index contributed by atoms with van der Waals surface area (Å²) in [5.74, 6) is -0.0771. The Balaban J connectivity index is 1.75. The number of benzene rings is 1. The molecule has 0 saturated carbocycles. The van der Waals surface area contributed by atoms with Crippen LogP contribution in [0.2, 0.25) is 0 Å². The smallest absolute Gasteiger partial charge is 0.241 e. The van der Waals surface area contributed by atoms with Crippen molar-refractivity contribution in [3.63, 3.8) is 0 Å². The molecule has 128 valence electrons. The van der Waals surface area contributed by atoms with E-state index in [2.05, 4.69) is 10.2 Å². The van der Waals surface area contributed by atoms with Crippen LogP contribution in [0.1, 0.15) is 36.4 Å². The highest BCUT2D eigenvalue weighted by Crippen LogP contribution is 2.15. The van der Waals surface area contributed by atoms with Crippen molar-refractivity contribution >= 4 is 5.91 Å². The van der Waals surface area contributed by atoms with Crippen LogP contribution in [0.3, 0.4) is 0 Å². The van der Waals surface area contributed by atoms with E-state index in [0.717, 1.165) is 51.1 Å².